The first-order valence-corrected chi connectivity index (χ1v) is 9.49. The van der Waals surface area contributed by atoms with Gasteiger partial charge in [-0.1, -0.05) is 34.1 Å². The van der Waals surface area contributed by atoms with E-state index in [1.807, 2.05) is 24.3 Å². The Balaban J connectivity index is 1.62. The van der Waals surface area contributed by atoms with Gasteiger partial charge in [0.25, 0.3) is 5.91 Å². The van der Waals surface area contributed by atoms with Crippen molar-refractivity contribution in [2.45, 2.75) is 0 Å². The van der Waals surface area contributed by atoms with Gasteiger partial charge in [0.2, 0.25) is 5.91 Å². The highest BCUT2D eigenvalue weighted by atomic mass is 79.9. The number of halogens is 1. The normalized spacial score (nSPS) is 19.7. The molecule has 3 rings (SSSR count). The van der Waals surface area contributed by atoms with E-state index < -0.39 is 11.9 Å². The van der Waals surface area contributed by atoms with Gasteiger partial charge in [0.1, 0.15) is 12.2 Å². The number of aliphatic hydroxyl groups is 1. The van der Waals surface area contributed by atoms with Gasteiger partial charge in [0.05, 0.1) is 6.61 Å². The van der Waals surface area contributed by atoms with E-state index in [9.17, 15) is 14.4 Å². The van der Waals surface area contributed by atoms with Crippen LogP contribution in [0.3, 0.4) is 0 Å². The van der Waals surface area contributed by atoms with Crippen molar-refractivity contribution in [2.24, 2.45) is 0 Å². The van der Waals surface area contributed by atoms with E-state index in [1.54, 1.807) is 11.0 Å². The van der Waals surface area contributed by atoms with Gasteiger partial charge < -0.3 is 15.3 Å². The minimum absolute atomic E-state index is 0.0863. The smallest absolute Gasteiger partial charge is 0.329 e. The molecule has 1 aromatic rings. The molecule has 2 heterocycles. The average Bonchev–Trinajstić information content (AvgIpc) is 2.92. The molecule has 0 aliphatic carbocycles. The summed E-state index contributed by atoms with van der Waals surface area (Å²) in [5.41, 5.74) is 0.904. The summed E-state index contributed by atoms with van der Waals surface area (Å²) in [7, 11) is 0. The Kier molecular flexibility index (Phi) is 6.25. The molecule has 2 saturated heterocycles. The summed E-state index contributed by atoms with van der Waals surface area (Å²) >= 11 is 3.40. The van der Waals surface area contributed by atoms with Crippen LogP contribution in [0.4, 0.5) is 4.79 Å². The van der Waals surface area contributed by atoms with E-state index in [-0.39, 0.29) is 24.8 Å². The third-order valence-corrected chi connectivity index (χ3v) is 5.32. The topological polar surface area (TPSA) is 93.2 Å². The fraction of sp³-hybridized carbons (Fsp3) is 0.389. The zero-order valence-corrected chi connectivity index (χ0v) is 16.3. The molecule has 2 N–H and O–H groups in total. The summed E-state index contributed by atoms with van der Waals surface area (Å²) in [6.07, 6.45) is 1.59. The third-order valence-electron chi connectivity index (χ3n) is 4.60. The lowest BCUT2D eigenvalue weighted by atomic mass is 10.2. The van der Waals surface area contributed by atoms with Crippen LogP contribution >= 0.6 is 15.9 Å². The summed E-state index contributed by atoms with van der Waals surface area (Å²) < 4.78 is 0.801. The SMILES string of the molecule is O=C(CN1C(=O)N/C(=C\c2ccccc2Br)C1=O)N1CCN(CCO)CC1. The summed E-state index contributed by atoms with van der Waals surface area (Å²) in [4.78, 5) is 41.8. The second-order valence-electron chi connectivity index (χ2n) is 6.35. The lowest BCUT2D eigenvalue weighted by Gasteiger charge is -2.34. The molecule has 0 spiro atoms. The van der Waals surface area contributed by atoms with Crippen molar-refractivity contribution in [1.29, 1.82) is 0 Å². The predicted molar refractivity (Wildman–Crippen MR) is 102 cm³/mol. The number of hydrogen-bond acceptors (Lipinski definition) is 5. The van der Waals surface area contributed by atoms with E-state index in [0.717, 1.165) is 14.9 Å². The molecule has 0 atom stereocenters. The first kappa shape index (κ1) is 19.5. The zero-order chi connectivity index (χ0) is 19.4. The van der Waals surface area contributed by atoms with Gasteiger partial charge in [0, 0.05) is 37.2 Å². The van der Waals surface area contributed by atoms with Crippen LogP contribution in [0.2, 0.25) is 0 Å². The molecule has 2 fully saturated rings. The van der Waals surface area contributed by atoms with Gasteiger partial charge in [-0.15, -0.1) is 0 Å². The Morgan fingerprint density at radius 1 is 1.19 bits per heavy atom. The second kappa shape index (κ2) is 8.64. The minimum Gasteiger partial charge on any atom is -0.395 e. The number of urea groups is 1. The highest BCUT2D eigenvalue weighted by Crippen LogP contribution is 2.21. The third kappa shape index (κ3) is 4.55. The highest BCUT2D eigenvalue weighted by molar-refractivity contribution is 9.10. The van der Waals surface area contributed by atoms with E-state index >= 15 is 0 Å². The van der Waals surface area contributed by atoms with Gasteiger partial charge in [0.15, 0.2) is 0 Å². The summed E-state index contributed by atoms with van der Waals surface area (Å²) in [6, 6.07) is 6.75. The average molecular weight is 437 g/mol. The number of nitrogens with one attached hydrogen (secondary N) is 1. The molecule has 0 aromatic heterocycles. The van der Waals surface area contributed by atoms with Crippen molar-refractivity contribution in [1.82, 2.24) is 20.0 Å². The highest BCUT2D eigenvalue weighted by Gasteiger charge is 2.36. The van der Waals surface area contributed by atoms with Crippen molar-refractivity contribution in [3.8, 4) is 0 Å². The number of aliphatic hydroxyl groups excluding tert-OH is 1. The van der Waals surface area contributed by atoms with Crippen molar-refractivity contribution in [3.05, 3.63) is 40.0 Å². The molecule has 4 amide bonds. The largest absolute Gasteiger partial charge is 0.395 e. The molecule has 1 aromatic carbocycles. The molecule has 0 unspecified atom stereocenters. The molecule has 2 aliphatic heterocycles. The molecule has 144 valence electrons. The van der Waals surface area contributed by atoms with Crippen LogP contribution < -0.4 is 5.32 Å². The van der Waals surface area contributed by atoms with Gasteiger partial charge in [-0.2, -0.15) is 0 Å². The quantitative estimate of drug-likeness (QED) is 0.517. The van der Waals surface area contributed by atoms with Crippen LogP contribution in [-0.4, -0.2) is 83.5 Å². The molecule has 27 heavy (non-hydrogen) atoms. The van der Waals surface area contributed by atoms with Crippen LogP contribution in [-0.2, 0) is 9.59 Å². The predicted octanol–water partition coefficient (Wildman–Crippen LogP) is 0.478. The molecule has 0 radical (unpaired) electrons. The van der Waals surface area contributed by atoms with Crippen LogP contribution in [0.25, 0.3) is 6.08 Å². The first-order chi connectivity index (χ1) is 13.0. The lowest BCUT2D eigenvalue weighted by Crippen LogP contribution is -2.52. The summed E-state index contributed by atoms with van der Waals surface area (Å²) in [6.45, 7) is 2.75. The number of amides is 4. The van der Waals surface area contributed by atoms with Gasteiger partial charge >= 0.3 is 6.03 Å². The number of rotatable bonds is 5. The number of nitrogens with zero attached hydrogens (tertiary/aromatic N) is 3. The summed E-state index contributed by atoms with van der Waals surface area (Å²) in [5.74, 6) is -0.771. The Hall–Kier alpha value is -2.23. The molecular weight excluding hydrogens is 416 g/mol. The second-order valence-corrected chi connectivity index (χ2v) is 7.20. The number of β-amino-alcohol motifs (C(OH)–C–C–N with tert-alkyl or cyclic N) is 1. The van der Waals surface area contributed by atoms with Crippen molar-refractivity contribution in [2.75, 3.05) is 45.9 Å². The molecule has 2 aliphatic rings. The maximum atomic E-state index is 12.5. The number of carbonyl (C=O) groups excluding carboxylic acids is 3. The van der Waals surface area contributed by atoms with Gasteiger partial charge in [-0.05, 0) is 17.7 Å². The summed E-state index contributed by atoms with van der Waals surface area (Å²) in [5, 5.41) is 11.5. The molecule has 0 bridgehead atoms. The standard InChI is InChI=1S/C18H21BrN4O4/c19-14-4-2-1-3-13(14)11-15-17(26)23(18(27)20-15)12-16(25)22-7-5-21(6-8-22)9-10-24/h1-4,11,24H,5-10,12H2,(H,20,27)/b15-11-. The van der Waals surface area contributed by atoms with Crippen molar-refractivity contribution in [3.63, 3.8) is 0 Å². The number of benzene rings is 1. The van der Waals surface area contributed by atoms with Crippen LogP contribution in [0.1, 0.15) is 5.56 Å². The van der Waals surface area contributed by atoms with E-state index in [4.69, 9.17) is 5.11 Å². The molecule has 9 heteroatoms. The van der Waals surface area contributed by atoms with E-state index in [1.165, 1.54) is 0 Å². The van der Waals surface area contributed by atoms with Crippen LogP contribution in [0.15, 0.2) is 34.4 Å². The fourth-order valence-corrected chi connectivity index (χ4v) is 3.46. The monoisotopic (exact) mass is 436 g/mol. The van der Waals surface area contributed by atoms with Crippen LogP contribution in [0, 0.1) is 0 Å². The number of imide groups is 1. The van der Waals surface area contributed by atoms with Crippen LogP contribution in [0.5, 0.6) is 0 Å². The van der Waals surface area contributed by atoms with E-state index in [2.05, 4.69) is 26.1 Å². The fourth-order valence-electron chi connectivity index (χ4n) is 3.06. The number of carbonyl (C=O) groups is 3. The maximum Gasteiger partial charge on any atom is 0.329 e. The molecule has 0 saturated carbocycles. The number of piperazine rings is 1. The molecule has 8 nitrogen and oxygen atoms in total. The van der Waals surface area contributed by atoms with Gasteiger partial charge in [-0.3, -0.25) is 14.5 Å². The Morgan fingerprint density at radius 2 is 1.89 bits per heavy atom. The van der Waals surface area contributed by atoms with Crippen molar-refractivity contribution >= 4 is 39.9 Å². The molecular formula is C18H21BrN4O4. The van der Waals surface area contributed by atoms with Gasteiger partial charge in [-0.25, -0.2) is 9.69 Å². The maximum absolute atomic E-state index is 12.5. The Bertz CT molecular complexity index is 774. The number of hydrogen-bond donors (Lipinski definition) is 2. The van der Waals surface area contributed by atoms with Crippen molar-refractivity contribution < 1.29 is 19.5 Å². The zero-order valence-electron chi connectivity index (χ0n) is 14.7. The van der Waals surface area contributed by atoms with E-state index in [0.29, 0.717) is 32.7 Å². The first-order valence-electron chi connectivity index (χ1n) is 8.69. The lowest BCUT2D eigenvalue weighted by molar-refractivity contribution is -0.137. The Morgan fingerprint density at radius 3 is 2.56 bits per heavy atom. The minimum atomic E-state index is -0.592. The Labute approximate surface area is 165 Å².